The van der Waals surface area contributed by atoms with Gasteiger partial charge in [0.25, 0.3) is 0 Å². The van der Waals surface area contributed by atoms with Gasteiger partial charge in [0.15, 0.2) is 0 Å². The van der Waals surface area contributed by atoms with Gasteiger partial charge in [0.1, 0.15) is 0 Å². The average molecular weight is 354 g/mol. The monoisotopic (exact) mass is 354 g/mol. The SMILES string of the molecule is O=C(CCC(=O)N[C@@H](Cc1ccccc1)B(O)O)NCc1ccccc1. The minimum absolute atomic E-state index is 0.0152. The van der Waals surface area contributed by atoms with Crippen molar-refractivity contribution in [3.63, 3.8) is 0 Å². The molecule has 26 heavy (non-hydrogen) atoms. The third-order valence-electron chi connectivity index (χ3n) is 3.92. The Morgan fingerprint density at radius 1 is 0.846 bits per heavy atom. The summed E-state index contributed by atoms with van der Waals surface area (Å²) in [7, 11) is -1.67. The summed E-state index contributed by atoms with van der Waals surface area (Å²) in [5.74, 6) is -1.45. The van der Waals surface area contributed by atoms with Crippen molar-refractivity contribution in [3.8, 4) is 0 Å². The zero-order valence-corrected chi connectivity index (χ0v) is 14.5. The van der Waals surface area contributed by atoms with Gasteiger partial charge in [-0.15, -0.1) is 0 Å². The molecule has 4 N–H and O–H groups in total. The number of nitrogens with one attached hydrogen (secondary N) is 2. The summed E-state index contributed by atoms with van der Waals surface area (Å²) in [4.78, 5) is 23.9. The minimum atomic E-state index is -1.67. The second-order valence-electron chi connectivity index (χ2n) is 6.04. The lowest BCUT2D eigenvalue weighted by Gasteiger charge is -2.18. The largest absolute Gasteiger partial charge is 0.475 e. The number of hydrogen-bond acceptors (Lipinski definition) is 4. The van der Waals surface area contributed by atoms with Crippen molar-refractivity contribution in [1.29, 1.82) is 0 Å². The molecule has 0 saturated heterocycles. The van der Waals surface area contributed by atoms with E-state index in [1.165, 1.54) is 0 Å². The predicted molar refractivity (Wildman–Crippen MR) is 99.8 cm³/mol. The van der Waals surface area contributed by atoms with Crippen molar-refractivity contribution in [2.24, 2.45) is 0 Å². The summed E-state index contributed by atoms with van der Waals surface area (Å²) >= 11 is 0. The molecule has 0 unspecified atom stereocenters. The maximum absolute atomic E-state index is 12.0. The Balaban J connectivity index is 1.74. The lowest BCUT2D eigenvalue weighted by Crippen LogP contribution is -2.48. The summed E-state index contributed by atoms with van der Waals surface area (Å²) in [6.07, 6.45) is 0.321. The van der Waals surface area contributed by atoms with E-state index >= 15 is 0 Å². The van der Waals surface area contributed by atoms with Crippen LogP contribution in [0, 0.1) is 0 Å². The summed E-state index contributed by atoms with van der Waals surface area (Å²) < 4.78 is 0. The topological polar surface area (TPSA) is 98.7 Å². The van der Waals surface area contributed by atoms with Gasteiger partial charge in [-0.1, -0.05) is 60.7 Å². The van der Waals surface area contributed by atoms with E-state index < -0.39 is 19.0 Å². The molecule has 0 heterocycles. The molecule has 2 aromatic carbocycles. The van der Waals surface area contributed by atoms with Crippen LogP contribution in [0.25, 0.3) is 0 Å². The second kappa shape index (κ2) is 10.4. The van der Waals surface area contributed by atoms with Gasteiger partial charge in [-0.3, -0.25) is 9.59 Å². The minimum Gasteiger partial charge on any atom is -0.426 e. The van der Waals surface area contributed by atoms with E-state index in [0.717, 1.165) is 11.1 Å². The molecule has 0 aliphatic rings. The Morgan fingerprint density at radius 2 is 1.38 bits per heavy atom. The van der Waals surface area contributed by atoms with Crippen molar-refractivity contribution in [2.45, 2.75) is 31.7 Å². The molecule has 0 bridgehead atoms. The first kappa shape index (κ1) is 19.7. The zero-order valence-electron chi connectivity index (χ0n) is 14.5. The standard InChI is InChI=1S/C19H23BN2O4/c23-18(21-14-16-9-5-2-6-10-16)11-12-19(24)22-17(20(25)26)13-15-7-3-1-4-8-15/h1-10,17,25-26H,11-14H2,(H,21,23)(H,22,24)/t17-/m0/s1. The van der Waals surface area contributed by atoms with Gasteiger partial charge in [-0.25, -0.2) is 0 Å². The normalized spacial score (nSPS) is 11.5. The molecule has 2 rings (SSSR count). The van der Waals surface area contributed by atoms with E-state index in [0.29, 0.717) is 13.0 Å². The van der Waals surface area contributed by atoms with E-state index in [1.807, 2.05) is 60.7 Å². The molecule has 0 aliphatic heterocycles. The van der Waals surface area contributed by atoms with Gasteiger partial charge in [0.05, 0.1) is 5.94 Å². The maximum Gasteiger partial charge on any atom is 0.475 e. The van der Waals surface area contributed by atoms with Gasteiger partial charge in [0, 0.05) is 19.4 Å². The van der Waals surface area contributed by atoms with E-state index in [-0.39, 0.29) is 18.7 Å². The van der Waals surface area contributed by atoms with Crippen LogP contribution in [0.2, 0.25) is 0 Å². The quantitative estimate of drug-likeness (QED) is 0.501. The lowest BCUT2D eigenvalue weighted by molar-refractivity contribution is -0.126. The highest BCUT2D eigenvalue weighted by Crippen LogP contribution is 2.05. The van der Waals surface area contributed by atoms with Gasteiger partial charge < -0.3 is 20.7 Å². The van der Waals surface area contributed by atoms with Crippen LogP contribution >= 0.6 is 0 Å². The molecule has 0 aromatic heterocycles. The molecule has 7 heteroatoms. The molecule has 2 amide bonds. The smallest absolute Gasteiger partial charge is 0.426 e. The highest BCUT2D eigenvalue weighted by Gasteiger charge is 2.25. The third-order valence-corrected chi connectivity index (χ3v) is 3.92. The molecule has 1 atom stereocenters. The van der Waals surface area contributed by atoms with Gasteiger partial charge in [-0.2, -0.15) is 0 Å². The summed E-state index contributed by atoms with van der Waals surface area (Å²) in [6, 6.07) is 18.7. The Hall–Kier alpha value is -2.64. The Bertz CT molecular complexity index is 695. The van der Waals surface area contributed by atoms with Crippen molar-refractivity contribution in [2.75, 3.05) is 0 Å². The molecule has 6 nitrogen and oxygen atoms in total. The van der Waals surface area contributed by atoms with Crippen LogP contribution in [0.3, 0.4) is 0 Å². The van der Waals surface area contributed by atoms with Crippen molar-refractivity contribution in [3.05, 3.63) is 71.8 Å². The zero-order chi connectivity index (χ0) is 18.8. The molecule has 2 aromatic rings. The second-order valence-corrected chi connectivity index (χ2v) is 6.04. The molecule has 136 valence electrons. The predicted octanol–water partition coefficient (Wildman–Crippen LogP) is 0.822. The summed E-state index contributed by atoms with van der Waals surface area (Å²) in [6.45, 7) is 0.410. The average Bonchev–Trinajstić information content (AvgIpc) is 2.66. The van der Waals surface area contributed by atoms with Crippen molar-refractivity contribution >= 4 is 18.9 Å². The number of carbonyl (C=O) groups excluding carboxylic acids is 2. The van der Waals surface area contributed by atoms with E-state index in [1.54, 1.807) is 0 Å². The fraction of sp³-hybridized carbons (Fsp3) is 0.263. The fourth-order valence-electron chi connectivity index (χ4n) is 2.49. The van der Waals surface area contributed by atoms with Crippen LogP contribution in [0.4, 0.5) is 0 Å². The first-order chi connectivity index (χ1) is 12.5. The van der Waals surface area contributed by atoms with Gasteiger partial charge in [0.2, 0.25) is 11.8 Å². The Labute approximate surface area is 153 Å². The van der Waals surface area contributed by atoms with Crippen molar-refractivity contribution < 1.29 is 19.6 Å². The molecule has 0 aliphatic carbocycles. The maximum atomic E-state index is 12.0. The third kappa shape index (κ3) is 7.08. The van der Waals surface area contributed by atoms with Crippen LogP contribution in [0.15, 0.2) is 60.7 Å². The molecular formula is C19H23BN2O4. The van der Waals surface area contributed by atoms with Crippen LogP contribution in [-0.4, -0.2) is 34.9 Å². The number of carbonyl (C=O) groups is 2. The van der Waals surface area contributed by atoms with Crippen LogP contribution < -0.4 is 10.6 Å². The van der Waals surface area contributed by atoms with E-state index in [2.05, 4.69) is 10.6 Å². The van der Waals surface area contributed by atoms with Crippen LogP contribution in [0.1, 0.15) is 24.0 Å². The van der Waals surface area contributed by atoms with E-state index in [9.17, 15) is 19.6 Å². The highest BCUT2D eigenvalue weighted by molar-refractivity contribution is 6.43. The first-order valence-electron chi connectivity index (χ1n) is 8.54. The molecule has 0 saturated carbocycles. The number of benzene rings is 2. The molecular weight excluding hydrogens is 331 g/mol. The fourth-order valence-corrected chi connectivity index (χ4v) is 2.49. The molecule has 0 radical (unpaired) electrons. The molecule has 0 fully saturated rings. The highest BCUT2D eigenvalue weighted by atomic mass is 16.4. The molecule has 0 spiro atoms. The Kier molecular flexibility index (Phi) is 7.86. The van der Waals surface area contributed by atoms with Gasteiger partial charge >= 0.3 is 7.12 Å². The van der Waals surface area contributed by atoms with Crippen LogP contribution in [-0.2, 0) is 22.6 Å². The number of rotatable bonds is 9. The summed E-state index contributed by atoms with van der Waals surface area (Å²) in [5.41, 5.74) is 1.86. The number of amides is 2. The first-order valence-corrected chi connectivity index (χ1v) is 8.54. The summed E-state index contributed by atoms with van der Waals surface area (Å²) in [5, 5.41) is 24.3. The van der Waals surface area contributed by atoms with E-state index in [4.69, 9.17) is 0 Å². The van der Waals surface area contributed by atoms with Crippen molar-refractivity contribution in [1.82, 2.24) is 10.6 Å². The number of hydrogen-bond donors (Lipinski definition) is 4. The van der Waals surface area contributed by atoms with Crippen LogP contribution in [0.5, 0.6) is 0 Å². The lowest BCUT2D eigenvalue weighted by atomic mass is 9.76. The van der Waals surface area contributed by atoms with Gasteiger partial charge in [-0.05, 0) is 17.5 Å². The Morgan fingerprint density at radius 3 is 1.96 bits per heavy atom.